The molecule has 0 bridgehead atoms. The first-order chi connectivity index (χ1) is 19.6. The van der Waals surface area contributed by atoms with E-state index in [4.69, 9.17) is 18.9 Å². The smallest absolute Gasteiger partial charge is 0.243 e. The molecule has 0 fully saturated rings. The van der Waals surface area contributed by atoms with Gasteiger partial charge in [-0.1, -0.05) is 6.07 Å². The molecule has 218 valence electrons. The van der Waals surface area contributed by atoms with Crippen molar-refractivity contribution in [3.05, 3.63) is 60.4 Å². The van der Waals surface area contributed by atoms with Gasteiger partial charge in [0.25, 0.3) is 0 Å². The zero-order valence-corrected chi connectivity index (χ0v) is 24.7. The molecule has 4 aromatic rings. The molecule has 4 rings (SSSR count). The van der Waals surface area contributed by atoms with Crippen LogP contribution in [0.2, 0.25) is 0 Å². The van der Waals surface area contributed by atoms with E-state index in [0.717, 1.165) is 5.56 Å². The maximum atomic E-state index is 13.9. The Bertz CT molecular complexity index is 1570. The van der Waals surface area contributed by atoms with Crippen molar-refractivity contribution in [2.45, 2.75) is 45.2 Å². The highest BCUT2D eigenvalue weighted by Crippen LogP contribution is 2.38. The molecule has 0 unspecified atom stereocenters. The minimum absolute atomic E-state index is 0.0879. The van der Waals surface area contributed by atoms with Crippen LogP contribution in [0.15, 0.2) is 49.1 Å². The Morgan fingerprint density at radius 2 is 1.56 bits per heavy atom. The lowest BCUT2D eigenvalue weighted by Crippen LogP contribution is -2.35. The number of methoxy groups -OCH3 is 3. The Morgan fingerprint density at radius 3 is 2.12 bits per heavy atom. The number of hydrogen-bond donors (Lipinski definition) is 1. The van der Waals surface area contributed by atoms with Crippen LogP contribution >= 0.6 is 0 Å². The number of rotatable bonds is 12. The fraction of sp³-hybridized carbons (Fsp3) is 0.370. The van der Waals surface area contributed by atoms with Crippen molar-refractivity contribution in [1.29, 1.82) is 0 Å². The van der Waals surface area contributed by atoms with Crippen LogP contribution in [0.1, 0.15) is 38.3 Å². The molecule has 0 radical (unpaired) electrons. The van der Waals surface area contributed by atoms with E-state index in [2.05, 4.69) is 29.9 Å². The van der Waals surface area contributed by atoms with Gasteiger partial charge < -0.3 is 18.9 Å². The molecule has 0 spiro atoms. The number of nitrogens with zero attached hydrogens (tertiary/aromatic N) is 6. The molecule has 0 saturated carbocycles. The molecule has 1 aromatic carbocycles. The van der Waals surface area contributed by atoms with Crippen LogP contribution in [0, 0.1) is 6.92 Å². The average Bonchev–Trinajstić information content (AvgIpc) is 3.37. The maximum absolute atomic E-state index is 13.9. The number of aryl methyl sites for hydroxylation is 1. The molecule has 1 N–H and O–H groups in total. The van der Waals surface area contributed by atoms with Gasteiger partial charge in [-0.2, -0.15) is 0 Å². The van der Waals surface area contributed by atoms with Crippen molar-refractivity contribution < 1.29 is 27.4 Å². The Balaban J connectivity index is 1.83. The lowest BCUT2D eigenvalue weighted by molar-refractivity contribution is 0.00148. The maximum Gasteiger partial charge on any atom is 0.243 e. The van der Waals surface area contributed by atoms with Crippen LogP contribution in [0.4, 0.5) is 5.95 Å². The Kier molecular flexibility index (Phi) is 9.03. The summed E-state index contributed by atoms with van der Waals surface area (Å²) in [5, 5.41) is 7.42. The van der Waals surface area contributed by atoms with Gasteiger partial charge in [0.2, 0.25) is 16.0 Å². The SMILES string of the molecule is COc1cnc([C@H](OC(C)C)[C@H](C)S(=O)(=O)Nc2nnc(-c3cncc(C)c3)n2-c2c(OC)cccc2OC)nc1. The van der Waals surface area contributed by atoms with Gasteiger partial charge in [0.1, 0.15) is 28.5 Å². The van der Waals surface area contributed by atoms with Gasteiger partial charge in [-0.3, -0.25) is 14.3 Å². The number of hydrogen-bond acceptors (Lipinski definition) is 11. The third kappa shape index (κ3) is 6.38. The third-order valence-electron chi connectivity index (χ3n) is 6.13. The Hall–Kier alpha value is -4.30. The van der Waals surface area contributed by atoms with Crippen LogP contribution in [0.5, 0.6) is 17.2 Å². The van der Waals surface area contributed by atoms with E-state index in [-0.39, 0.29) is 17.9 Å². The van der Waals surface area contributed by atoms with Gasteiger partial charge in [-0.15, -0.1) is 10.2 Å². The van der Waals surface area contributed by atoms with Crippen molar-refractivity contribution >= 4 is 16.0 Å². The number of anilines is 1. The summed E-state index contributed by atoms with van der Waals surface area (Å²) in [6.07, 6.45) is 4.91. The van der Waals surface area contributed by atoms with Gasteiger partial charge in [0, 0.05) is 18.0 Å². The monoisotopic (exact) mass is 583 g/mol. The van der Waals surface area contributed by atoms with Gasteiger partial charge >= 0.3 is 0 Å². The highest BCUT2D eigenvalue weighted by atomic mass is 32.2. The minimum atomic E-state index is -4.18. The zero-order chi connectivity index (χ0) is 29.7. The summed E-state index contributed by atoms with van der Waals surface area (Å²) in [7, 11) is 0.326. The summed E-state index contributed by atoms with van der Waals surface area (Å²) in [5.74, 6) is 1.68. The van der Waals surface area contributed by atoms with Crippen molar-refractivity contribution in [3.8, 4) is 34.3 Å². The lowest BCUT2D eigenvalue weighted by Gasteiger charge is -2.25. The summed E-state index contributed by atoms with van der Waals surface area (Å²) in [6, 6.07) is 7.08. The van der Waals surface area contributed by atoms with E-state index < -0.39 is 21.4 Å². The summed E-state index contributed by atoms with van der Waals surface area (Å²) < 4.78 is 54.3. The highest BCUT2D eigenvalue weighted by molar-refractivity contribution is 7.93. The normalized spacial score (nSPS) is 13.1. The zero-order valence-electron chi connectivity index (χ0n) is 23.9. The van der Waals surface area contributed by atoms with Crippen LogP contribution in [-0.2, 0) is 14.8 Å². The average molecular weight is 584 g/mol. The minimum Gasteiger partial charge on any atom is -0.494 e. The van der Waals surface area contributed by atoms with Crippen molar-refractivity contribution in [1.82, 2.24) is 29.7 Å². The quantitative estimate of drug-likeness (QED) is 0.259. The van der Waals surface area contributed by atoms with Gasteiger partial charge in [0.15, 0.2) is 17.4 Å². The molecular formula is C27H33N7O6S. The number of ether oxygens (including phenoxy) is 4. The molecular weight excluding hydrogens is 550 g/mol. The van der Waals surface area contributed by atoms with Crippen molar-refractivity contribution in [2.24, 2.45) is 0 Å². The second-order valence-electron chi connectivity index (χ2n) is 9.38. The van der Waals surface area contributed by atoms with Gasteiger partial charge in [-0.05, 0) is 51.5 Å². The molecule has 0 amide bonds. The van der Waals surface area contributed by atoms with Crippen LogP contribution in [-0.4, -0.2) is 70.8 Å². The second-order valence-corrected chi connectivity index (χ2v) is 11.4. The van der Waals surface area contributed by atoms with Gasteiger partial charge in [0.05, 0.1) is 39.8 Å². The molecule has 41 heavy (non-hydrogen) atoms. The fourth-order valence-electron chi connectivity index (χ4n) is 4.11. The molecule has 2 atom stereocenters. The van der Waals surface area contributed by atoms with E-state index in [1.165, 1.54) is 45.2 Å². The lowest BCUT2D eigenvalue weighted by atomic mass is 10.2. The number of aromatic nitrogens is 6. The highest BCUT2D eigenvalue weighted by Gasteiger charge is 2.36. The first-order valence-corrected chi connectivity index (χ1v) is 14.3. The second kappa shape index (κ2) is 12.5. The van der Waals surface area contributed by atoms with Crippen LogP contribution in [0.3, 0.4) is 0 Å². The molecule has 0 aliphatic heterocycles. The number of para-hydroxylation sites is 1. The van der Waals surface area contributed by atoms with Crippen molar-refractivity contribution in [3.63, 3.8) is 0 Å². The number of benzene rings is 1. The standard InChI is InChI=1S/C27H33N7O6S/c1-16(2)40-24(25-29-14-20(37-5)15-30-25)18(4)41(35,36)33-27-32-31-26(19-11-17(3)12-28-13-19)34(27)23-21(38-6)9-8-10-22(23)39-7/h8-16,18,24H,1-7H3,(H,32,33)/t18-,24+/m0/s1. The summed E-state index contributed by atoms with van der Waals surface area (Å²) in [4.78, 5) is 12.8. The molecule has 3 aromatic heterocycles. The van der Waals surface area contributed by atoms with E-state index in [1.54, 1.807) is 44.4 Å². The third-order valence-corrected chi connectivity index (χ3v) is 7.82. The molecule has 0 aliphatic carbocycles. The predicted molar refractivity (Wildman–Crippen MR) is 152 cm³/mol. The van der Waals surface area contributed by atoms with Crippen LogP contribution in [0.25, 0.3) is 17.1 Å². The Labute approximate surface area is 239 Å². The van der Waals surface area contributed by atoms with E-state index in [1.807, 2.05) is 13.0 Å². The summed E-state index contributed by atoms with van der Waals surface area (Å²) in [5.41, 5.74) is 1.89. The fourth-order valence-corrected chi connectivity index (χ4v) is 5.20. The van der Waals surface area contributed by atoms with E-state index in [9.17, 15) is 8.42 Å². The summed E-state index contributed by atoms with van der Waals surface area (Å²) in [6.45, 7) is 7.01. The topological polar surface area (TPSA) is 152 Å². The van der Waals surface area contributed by atoms with Crippen LogP contribution < -0.4 is 18.9 Å². The number of sulfonamides is 1. The largest absolute Gasteiger partial charge is 0.494 e. The molecule has 0 aliphatic rings. The Morgan fingerprint density at radius 1 is 0.902 bits per heavy atom. The molecule has 3 heterocycles. The number of nitrogens with one attached hydrogen (secondary N) is 1. The number of pyridine rings is 1. The summed E-state index contributed by atoms with van der Waals surface area (Å²) >= 11 is 0. The molecule has 14 heteroatoms. The van der Waals surface area contributed by atoms with E-state index in [0.29, 0.717) is 34.3 Å². The van der Waals surface area contributed by atoms with Gasteiger partial charge in [-0.25, -0.2) is 18.4 Å². The first-order valence-electron chi connectivity index (χ1n) is 12.7. The van der Waals surface area contributed by atoms with E-state index >= 15 is 0 Å². The first kappa shape index (κ1) is 29.7. The molecule has 13 nitrogen and oxygen atoms in total. The predicted octanol–water partition coefficient (Wildman–Crippen LogP) is 3.75. The molecule has 0 saturated heterocycles. The van der Waals surface area contributed by atoms with Crippen molar-refractivity contribution in [2.75, 3.05) is 26.1 Å².